The minimum absolute atomic E-state index is 0.0338. The van der Waals surface area contributed by atoms with E-state index in [9.17, 15) is 19.2 Å². The fourth-order valence-electron chi connectivity index (χ4n) is 2.47. The number of carbonyl (C=O) groups is 4. The third-order valence-corrected chi connectivity index (χ3v) is 3.62. The molecule has 0 aliphatic carbocycles. The number of aliphatic hydroxyl groups is 1. The summed E-state index contributed by atoms with van der Waals surface area (Å²) in [5, 5.41) is 17.1. The minimum Gasteiger partial charge on any atom is -0.481 e. The first-order valence-corrected chi connectivity index (χ1v) is 7.57. The number of hydrogen-bond donors (Lipinski definition) is 2. The highest BCUT2D eigenvalue weighted by Crippen LogP contribution is 2.30. The predicted molar refractivity (Wildman–Crippen MR) is 77.3 cm³/mol. The second kappa shape index (κ2) is 8.70. The predicted octanol–water partition coefficient (Wildman–Crippen LogP) is -1.41. The Morgan fingerprint density at radius 3 is 2.12 bits per heavy atom. The number of carbonyl (C=O) groups excluding carboxylic acids is 3. The summed E-state index contributed by atoms with van der Waals surface area (Å²) < 4.78 is 21.2. The quantitative estimate of drug-likeness (QED) is 0.392. The SMILES string of the molecule is O=C(O)CCC(=O)O[C@@H]1CO[C@H]2[C@@H]1OC[C@@H]2OC(=O)/C=C\C(=O)CO. The first kappa shape index (κ1) is 19.0. The molecule has 2 N–H and O–H groups in total. The average Bonchev–Trinajstić information content (AvgIpc) is 3.14. The molecule has 4 atom stereocenters. The van der Waals surface area contributed by atoms with Gasteiger partial charge in [-0.1, -0.05) is 0 Å². The molecule has 0 bridgehead atoms. The van der Waals surface area contributed by atoms with E-state index >= 15 is 0 Å². The summed E-state index contributed by atoms with van der Waals surface area (Å²) in [6.07, 6.45) is -1.47. The van der Waals surface area contributed by atoms with Crippen molar-refractivity contribution in [2.45, 2.75) is 37.3 Å². The van der Waals surface area contributed by atoms with Gasteiger partial charge in [-0.15, -0.1) is 0 Å². The van der Waals surface area contributed by atoms with Gasteiger partial charge in [0.2, 0.25) is 0 Å². The lowest BCUT2D eigenvalue weighted by Gasteiger charge is -2.16. The maximum atomic E-state index is 11.6. The first-order chi connectivity index (χ1) is 11.9. The zero-order valence-electron chi connectivity index (χ0n) is 13.2. The molecule has 2 saturated heterocycles. The van der Waals surface area contributed by atoms with E-state index in [2.05, 4.69) is 0 Å². The van der Waals surface area contributed by atoms with Crippen molar-refractivity contribution in [1.82, 2.24) is 0 Å². The molecule has 0 amide bonds. The first-order valence-electron chi connectivity index (χ1n) is 7.57. The van der Waals surface area contributed by atoms with Crippen molar-refractivity contribution in [2.24, 2.45) is 0 Å². The van der Waals surface area contributed by atoms with Crippen LogP contribution in [-0.2, 0) is 38.1 Å². The Labute approximate surface area is 142 Å². The maximum Gasteiger partial charge on any atom is 0.331 e. The third kappa shape index (κ3) is 5.34. The van der Waals surface area contributed by atoms with Gasteiger partial charge in [-0.3, -0.25) is 14.4 Å². The summed E-state index contributed by atoms with van der Waals surface area (Å²) in [4.78, 5) is 44.5. The molecule has 0 aromatic heterocycles. The Morgan fingerprint density at radius 1 is 0.960 bits per heavy atom. The van der Waals surface area contributed by atoms with Crippen molar-refractivity contribution in [3.05, 3.63) is 12.2 Å². The largest absolute Gasteiger partial charge is 0.481 e. The second-order valence-electron chi connectivity index (χ2n) is 5.45. The summed E-state index contributed by atoms with van der Waals surface area (Å²) >= 11 is 0. The van der Waals surface area contributed by atoms with Gasteiger partial charge in [0.25, 0.3) is 0 Å². The van der Waals surface area contributed by atoms with Crippen LogP contribution in [0.2, 0.25) is 0 Å². The van der Waals surface area contributed by atoms with Crippen molar-refractivity contribution in [3.63, 3.8) is 0 Å². The van der Waals surface area contributed by atoms with Gasteiger partial charge < -0.3 is 29.2 Å². The fourth-order valence-corrected chi connectivity index (χ4v) is 2.47. The van der Waals surface area contributed by atoms with E-state index in [0.717, 1.165) is 12.2 Å². The summed E-state index contributed by atoms with van der Waals surface area (Å²) in [7, 11) is 0. The number of esters is 2. The summed E-state index contributed by atoms with van der Waals surface area (Å²) in [6.45, 7) is -0.633. The van der Waals surface area contributed by atoms with Gasteiger partial charge in [0.1, 0.15) is 18.8 Å². The zero-order valence-corrected chi connectivity index (χ0v) is 13.2. The van der Waals surface area contributed by atoms with E-state index in [-0.39, 0.29) is 26.1 Å². The molecule has 0 unspecified atom stereocenters. The van der Waals surface area contributed by atoms with Crippen LogP contribution in [0.4, 0.5) is 0 Å². The maximum absolute atomic E-state index is 11.6. The summed E-state index contributed by atoms with van der Waals surface area (Å²) in [5.74, 6) is -3.20. The highest BCUT2D eigenvalue weighted by Gasteiger charge is 2.51. The molecule has 2 fully saturated rings. The molecule has 0 spiro atoms. The van der Waals surface area contributed by atoms with Gasteiger partial charge in [-0.2, -0.15) is 0 Å². The smallest absolute Gasteiger partial charge is 0.331 e. The van der Waals surface area contributed by atoms with Gasteiger partial charge in [0.15, 0.2) is 18.0 Å². The molecule has 0 radical (unpaired) electrons. The van der Waals surface area contributed by atoms with Gasteiger partial charge >= 0.3 is 17.9 Å². The molecule has 10 heteroatoms. The van der Waals surface area contributed by atoms with E-state index < -0.39 is 54.7 Å². The summed E-state index contributed by atoms with van der Waals surface area (Å²) in [6, 6.07) is 0. The molecule has 0 aromatic rings. The van der Waals surface area contributed by atoms with E-state index in [1.165, 1.54) is 0 Å². The van der Waals surface area contributed by atoms with Crippen molar-refractivity contribution in [1.29, 1.82) is 0 Å². The molecule has 25 heavy (non-hydrogen) atoms. The Bertz CT molecular complexity index is 569. The van der Waals surface area contributed by atoms with Gasteiger partial charge in [0.05, 0.1) is 26.1 Å². The molecular formula is C15H18O10. The highest BCUT2D eigenvalue weighted by molar-refractivity contribution is 5.96. The summed E-state index contributed by atoms with van der Waals surface area (Å²) in [5.41, 5.74) is 0. The number of fused-ring (bicyclic) bond motifs is 1. The Kier molecular flexibility index (Phi) is 6.62. The lowest BCUT2D eigenvalue weighted by Crippen LogP contribution is -2.35. The standard InChI is InChI=1S/C15H18O10/c16-5-8(17)1-3-12(20)24-9-6-22-15-10(7-23-14(9)15)25-13(21)4-2-11(18)19/h1,3,9-10,14-16H,2,4-7H2,(H,18,19)/b3-1-/t9-,10+,14+,15+/m0/s1. The van der Waals surface area contributed by atoms with Crippen molar-refractivity contribution < 1.29 is 48.3 Å². The van der Waals surface area contributed by atoms with E-state index in [1.54, 1.807) is 0 Å². The van der Waals surface area contributed by atoms with E-state index in [1.807, 2.05) is 0 Å². The topological polar surface area (TPSA) is 146 Å². The number of aliphatic hydroxyl groups excluding tert-OH is 1. The Morgan fingerprint density at radius 2 is 1.56 bits per heavy atom. The number of rotatable bonds is 8. The Hall–Kier alpha value is -2.30. The van der Waals surface area contributed by atoms with Crippen LogP contribution in [0.1, 0.15) is 12.8 Å². The van der Waals surface area contributed by atoms with Crippen LogP contribution in [0, 0.1) is 0 Å². The van der Waals surface area contributed by atoms with Crippen molar-refractivity contribution in [2.75, 3.05) is 19.8 Å². The highest BCUT2D eigenvalue weighted by atomic mass is 16.7. The normalized spacial score (nSPS) is 27.9. The van der Waals surface area contributed by atoms with Crippen LogP contribution in [0.25, 0.3) is 0 Å². The minimum atomic E-state index is -1.10. The molecule has 2 rings (SSSR count). The number of carboxylic acid groups (broad SMARTS) is 1. The van der Waals surface area contributed by atoms with Crippen LogP contribution in [0.5, 0.6) is 0 Å². The van der Waals surface area contributed by atoms with Gasteiger partial charge in [0, 0.05) is 6.08 Å². The van der Waals surface area contributed by atoms with E-state index in [0.29, 0.717) is 0 Å². The molecule has 138 valence electrons. The molecule has 2 aliphatic heterocycles. The molecule has 0 aromatic carbocycles. The van der Waals surface area contributed by atoms with Crippen LogP contribution in [0.3, 0.4) is 0 Å². The van der Waals surface area contributed by atoms with E-state index in [4.69, 9.17) is 29.2 Å². The Balaban J connectivity index is 1.82. The van der Waals surface area contributed by atoms with Crippen LogP contribution in [-0.4, -0.2) is 78.1 Å². The van der Waals surface area contributed by atoms with Crippen LogP contribution in [0.15, 0.2) is 12.2 Å². The molecule has 0 saturated carbocycles. The molecule has 2 aliphatic rings. The zero-order chi connectivity index (χ0) is 18.4. The number of aliphatic carboxylic acids is 1. The molecule has 10 nitrogen and oxygen atoms in total. The third-order valence-electron chi connectivity index (χ3n) is 3.62. The number of carboxylic acids is 1. The average molecular weight is 358 g/mol. The molecular weight excluding hydrogens is 340 g/mol. The van der Waals surface area contributed by atoms with Crippen LogP contribution >= 0.6 is 0 Å². The van der Waals surface area contributed by atoms with Gasteiger partial charge in [-0.05, 0) is 6.08 Å². The van der Waals surface area contributed by atoms with Gasteiger partial charge in [-0.25, -0.2) is 4.79 Å². The lowest BCUT2D eigenvalue weighted by atomic mass is 10.1. The number of hydrogen-bond acceptors (Lipinski definition) is 9. The lowest BCUT2D eigenvalue weighted by molar-refractivity contribution is -0.156. The second-order valence-corrected chi connectivity index (χ2v) is 5.45. The molecule has 2 heterocycles. The monoisotopic (exact) mass is 358 g/mol. The fraction of sp³-hybridized carbons (Fsp3) is 0.600. The van der Waals surface area contributed by atoms with Crippen molar-refractivity contribution >= 4 is 23.7 Å². The van der Waals surface area contributed by atoms with Crippen LogP contribution < -0.4 is 0 Å². The number of ketones is 1. The van der Waals surface area contributed by atoms with Crippen molar-refractivity contribution in [3.8, 4) is 0 Å². The number of ether oxygens (including phenoxy) is 4.